The first kappa shape index (κ1) is 15.2. The molecule has 0 bridgehead atoms. The minimum Gasteiger partial charge on any atom is -0.246 e. The summed E-state index contributed by atoms with van der Waals surface area (Å²) in [5, 5.41) is 7.11. The minimum atomic E-state index is 0.0141. The van der Waals surface area contributed by atoms with Gasteiger partial charge in [-0.1, -0.05) is 75.4 Å². The van der Waals surface area contributed by atoms with Gasteiger partial charge in [-0.3, -0.25) is 0 Å². The van der Waals surface area contributed by atoms with Gasteiger partial charge in [-0.15, -0.1) is 0 Å². The van der Waals surface area contributed by atoms with Crippen molar-refractivity contribution in [2.24, 2.45) is 0 Å². The first-order valence-electron chi connectivity index (χ1n) is 9.01. The van der Waals surface area contributed by atoms with Gasteiger partial charge < -0.3 is 0 Å². The Morgan fingerprint density at radius 3 is 2.27 bits per heavy atom. The van der Waals surface area contributed by atoms with Crippen LogP contribution in [-0.4, -0.2) is 4.98 Å². The third-order valence-corrected chi connectivity index (χ3v) is 5.17. The molecule has 1 heterocycles. The molecule has 0 spiro atoms. The number of rotatable bonds is 0. The van der Waals surface area contributed by atoms with Gasteiger partial charge in [-0.2, -0.15) is 0 Å². The van der Waals surface area contributed by atoms with Crippen molar-refractivity contribution in [3.05, 3.63) is 78.4 Å². The topological polar surface area (TPSA) is 12.9 Å². The van der Waals surface area contributed by atoms with E-state index in [4.69, 9.17) is 4.98 Å². The maximum Gasteiger partial charge on any atom is 0.0798 e. The van der Waals surface area contributed by atoms with E-state index in [2.05, 4.69) is 87.5 Å². The molecule has 26 heavy (non-hydrogen) atoms. The first-order chi connectivity index (χ1) is 12.5. The lowest BCUT2D eigenvalue weighted by molar-refractivity contribution is 0.601. The highest BCUT2D eigenvalue weighted by molar-refractivity contribution is 6.15. The molecular formula is C25H19N. The van der Waals surface area contributed by atoms with Gasteiger partial charge in [0.05, 0.1) is 11.0 Å². The summed E-state index contributed by atoms with van der Waals surface area (Å²) in [6.45, 7) is 6.85. The quantitative estimate of drug-likeness (QED) is 0.230. The molecule has 0 atom stereocenters. The van der Waals surface area contributed by atoms with Crippen molar-refractivity contribution in [1.29, 1.82) is 0 Å². The SMILES string of the molecule is CC(C)(C)c1c2ccc3c#cccc3c2nc2c1ccc1ccccc12. The number of pyridine rings is 1. The minimum absolute atomic E-state index is 0.0141. The molecule has 0 radical (unpaired) electrons. The fourth-order valence-electron chi connectivity index (χ4n) is 4.09. The molecule has 0 unspecified atom stereocenters. The Hall–Kier alpha value is -3.11. The van der Waals surface area contributed by atoms with E-state index in [1.54, 1.807) is 0 Å². The largest absolute Gasteiger partial charge is 0.246 e. The average molecular weight is 333 g/mol. The lowest BCUT2D eigenvalue weighted by Crippen LogP contribution is -2.13. The van der Waals surface area contributed by atoms with Crippen molar-refractivity contribution in [2.45, 2.75) is 26.2 Å². The molecule has 0 amide bonds. The highest BCUT2D eigenvalue weighted by Crippen LogP contribution is 2.39. The number of benzene rings is 3. The lowest BCUT2D eigenvalue weighted by atomic mass is 9.81. The van der Waals surface area contributed by atoms with Crippen LogP contribution >= 0.6 is 0 Å². The van der Waals surface area contributed by atoms with Crippen molar-refractivity contribution in [2.75, 3.05) is 0 Å². The smallest absolute Gasteiger partial charge is 0.0798 e. The Morgan fingerprint density at radius 1 is 0.731 bits per heavy atom. The molecule has 4 aromatic carbocycles. The fourth-order valence-corrected chi connectivity index (χ4v) is 4.09. The molecule has 1 nitrogen and oxygen atoms in total. The zero-order valence-corrected chi connectivity index (χ0v) is 15.2. The molecule has 0 saturated carbocycles. The van der Waals surface area contributed by atoms with Crippen LogP contribution in [0.4, 0.5) is 0 Å². The Bertz CT molecular complexity index is 1210. The molecular weight excluding hydrogens is 314 g/mol. The number of aromatic nitrogens is 1. The van der Waals surface area contributed by atoms with Gasteiger partial charge in [-0.05, 0) is 34.6 Å². The Morgan fingerprint density at radius 2 is 1.46 bits per heavy atom. The third-order valence-electron chi connectivity index (χ3n) is 5.17. The summed E-state index contributed by atoms with van der Waals surface area (Å²) in [6.07, 6.45) is 0. The van der Waals surface area contributed by atoms with E-state index in [1.165, 1.54) is 27.1 Å². The van der Waals surface area contributed by atoms with Crippen molar-refractivity contribution < 1.29 is 0 Å². The number of hydrogen-bond acceptors (Lipinski definition) is 1. The first-order valence-corrected chi connectivity index (χ1v) is 9.01. The summed E-state index contributed by atoms with van der Waals surface area (Å²) >= 11 is 0. The van der Waals surface area contributed by atoms with E-state index in [0.717, 1.165) is 21.8 Å². The summed E-state index contributed by atoms with van der Waals surface area (Å²) < 4.78 is 0. The number of fused-ring (bicyclic) bond motifs is 6. The van der Waals surface area contributed by atoms with Gasteiger partial charge >= 0.3 is 0 Å². The fraction of sp³-hybridized carbons (Fsp3) is 0.160. The van der Waals surface area contributed by atoms with Crippen LogP contribution in [0.3, 0.4) is 0 Å². The predicted octanol–water partition coefficient (Wildman–Crippen LogP) is 6.59. The van der Waals surface area contributed by atoms with Crippen LogP contribution in [-0.2, 0) is 5.41 Å². The molecule has 1 heteroatoms. The van der Waals surface area contributed by atoms with E-state index < -0.39 is 0 Å². The Balaban J connectivity index is 2.12. The molecule has 0 aliphatic carbocycles. The molecule has 1 aromatic heterocycles. The van der Waals surface area contributed by atoms with Gasteiger partial charge in [0.1, 0.15) is 0 Å². The highest BCUT2D eigenvalue weighted by Gasteiger charge is 2.22. The summed E-state index contributed by atoms with van der Waals surface area (Å²) in [5.41, 5.74) is 3.51. The number of nitrogens with zero attached hydrogens (tertiary/aromatic N) is 1. The maximum atomic E-state index is 5.17. The number of hydrogen-bond donors (Lipinski definition) is 0. The van der Waals surface area contributed by atoms with Crippen molar-refractivity contribution in [3.8, 4) is 0 Å². The molecule has 124 valence electrons. The second kappa shape index (κ2) is 5.19. The third kappa shape index (κ3) is 2.09. The van der Waals surface area contributed by atoms with Crippen molar-refractivity contribution >= 4 is 43.4 Å². The van der Waals surface area contributed by atoms with E-state index >= 15 is 0 Å². The van der Waals surface area contributed by atoms with Crippen LogP contribution in [0.25, 0.3) is 43.4 Å². The molecule has 0 fully saturated rings. The van der Waals surface area contributed by atoms with Gasteiger partial charge in [0.2, 0.25) is 0 Å². The van der Waals surface area contributed by atoms with Crippen molar-refractivity contribution in [3.63, 3.8) is 0 Å². The van der Waals surface area contributed by atoms with Crippen LogP contribution in [0.15, 0.2) is 60.7 Å². The predicted molar refractivity (Wildman–Crippen MR) is 111 cm³/mol. The second-order valence-corrected chi connectivity index (χ2v) is 7.95. The van der Waals surface area contributed by atoms with Gasteiger partial charge in [0.25, 0.3) is 0 Å². The van der Waals surface area contributed by atoms with Crippen LogP contribution in [0.2, 0.25) is 0 Å². The van der Waals surface area contributed by atoms with Crippen LogP contribution in [0.5, 0.6) is 0 Å². The van der Waals surface area contributed by atoms with Crippen LogP contribution in [0.1, 0.15) is 26.3 Å². The van der Waals surface area contributed by atoms with Gasteiger partial charge in [0, 0.05) is 26.9 Å². The standard InChI is InChI=1S/C25H19N/c1-25(2,3)22-20-14-12-16-8-4-6-10-18(16)23(20)26-24-19-11-7-5-9-17(19)13-15-21(22)24/h4,6-8,10-15H,1-3H3. The van der Waals surface area contributed by atoms with Gasteiger partial charge in [0.15, 0.2) is 0 Å². The van der Waals surface area contributed by atoms with E-state index in [-0.39, 0.29) is 5.41 Å². The molecule has 5 rings (SSSR count). The molecule has 5 aromatic rings. The monoisotopic (exact) mass is 333 g/mol. The van der Waals surface area contributed by atoms with Gasteiger partial charge in [-0.25, -0.2) is 4.98 Å². The van der Waals surface area contributed by atoms with E-state index in [9.17, 15) is 0 Å². The Kier molecular flexibility index (Phi) is 3.03. The molecule has 0 saturated heterocycles. The zero-order chi connectivity index (χ0) is 17.9. The Labute approximate surface area is 153 Å². The normalized spacial score (nSPS) is 12.1. The van der Waals surface area contributed by atoms with Crippen LogP contribution in [0, 0.1) is 12.1 Å². The molecule has 0 aliphatic heterocycles. The highest BCUT2D eigenvalue weighted by atomic mass is 14.7. The molecule has 0 aliphatic rings. The summed E-state index contributed by atoms with van der Waals surface area (Å²) in [5.74, 6) is 0. The maximum absolute atomic E-state index is 5.17. The lowest BCUT2D eigenvalue weighted by Gasteiger charge is -2.24. The van der Waals surface area contributed by atoms with E-state index in [0.29, 0.717) is 0 Å². The zero-order valence-electron chi connectivity index (χ0n) is 15.2. The molecule has 0 N–H and O–H groups in total. The summed E-state index contributed by atoms with van der Waals surface area (Å²) in [4.78, 5) is 5.17. The van der Waals surface area contributed by atoms with Crippen LogP contribution < -0.4 is 0 Å². The summed E-state index contributed by atoms with van der Waals surface area (Å²) in [6, 6.07) is 27.6. The van der Waals surface area contributed by atoms with E-state index in [1.807, 2.05) is 6.07 Å². The van der Waals surface area contributed by atoms with Crippen molar-refractivity contribution in [1.82, 2.24) is 4.98 Å². The average Bonchev–Trinajstić information content (AvgIpc) is 2.65. The summed E-state index contributed by atoms with van der Waals surface area (Å²) in [7, 11) is 0. The second-order valence-electron chi connectivity index (χ2n) is 7.95.